The third-order valence-electron chi connectivity index (χ3n) is 3.74. The van der Waals surface area contributed by atoms with Gasteiger partial charge in [-0.15, -0.1) is 0 Å². The van der Waals surface area contributed by atoms with Crippen molar-refractivity contribution in [2.45, 2.75) is 53.1 Å². The van der Waals surface area contributed by atoms with Crippen LogP contribution in [0, 0.1) is 5.92 Å². The monoisotopic (exact) mass is 302 g/mol. The number of carbonyl (C=O) groups excluding carboxylic acids is 1. The van der Waals surface area contributed by atoms with Crippen molar-refractivity contribution in [2.75, 3.05) is 6.61 Å². The second-order valence-electron chi connectivity index (χ2n) is 6.64. The van der Waals surface area contributed by atoms with Crippen molar-refractivity contribution >= 4 is 11.9 Å². The number of ether oxygens (including phenoxy) is 2. The largest absolute Gasteiger partial charge is 0.493 e. The van der Waals surface area contributed by atoms with Gasteiger partial charge in [0.2, 0.25) is 0 Å². The summed E-state index contributed by atoms with van der Waals surface area (Å²) in [5, 5.41) is 0. The number of hydrogen-bond donors (Lipinski definition) is 0. The van der Waals surface area contributed by atoms with Crippen LogP contribution in [-0.2, 0) is 11.2 Å². The van der Waals surface area contributed by atoms with Gasteiger partial charge in [-0.1, -0.05) is 20.8 Å². The molecule has 120 valence electrons. The van der Waals surface area contributed by atoms with Crippen molar-refractivity contribution in [1.82, 2.24) is 0 Å². The predicted octanol–water partition coefficient (Wildman–Crippen LogP) is 4.43. The molecule has 2 rings (SSSR count). The van der Waals surface area contributed by atoms with E-state index in [2.05, 4.69) is 46.8 Å². The predicted molar refractivity (Wildman–Crippen MR) is 89.5 cm³/mol. The molecule has 22 heavy (non-hydrogen) atoms. The first-order valence-corrected chi connectivity index (χ1v) is 8.03. The number of aldehydes is 1. The lowest BCUT2D eigenvalue weighted by Crippen LogP contribution is -2.30. The second kappa shape index (κ2) is 6.55. The topological polar surface area (TPSA) is 35.5 Å². The van der Waals surface area contributed by atoms with Crippen molar-refractivity contribution < 1.29 is 14.3 Å². The van der Waals surface area contributed by atoms with Crippen molar-refractivity contribution in [2.24, 2.45) is 5.92 Å². The Hall–Kier alpha value is -1.77. The minimum absolute atomic E-state index is 0.333. The molecule has 0 aliphatic carbocycles. The van der Waals surface area contributed by atoms with Gasteiger partial charge in [-0.3, -0.25) is 0 Å². The zero-order valence-electron chi connectivity index (χ0n) is 14.2. The fourth-order valence-electron chi connectivity index (χ4n) is 2.75. The zero-order valence-corrected chi connectivity index (χ0v) is 14.2. The van der Waals surface area contributed by atoms with Crippen LogP contribution >= 0.6 is 0 Å². The molecule has 0 spiro atoms. The summed E-state index contributed by atoms with van der Waals surface area (Å²) in [5.41, 5.74) is 2.94. The average molecular weight is 302 g/mol. The van der Waals surface area contributed by atoms with Crippen molar-refractivity contribution in [3.63, 3.8) is 0 Å². The molecule has 0 unspecified atom stereocenters. The van der Waals surface area contributed by atoms with Crippen LogP contribution < -0.4 is 9.47 Å². The number of carbonyl (C=O) groups is 1. The number of benzene rings is 1. The average Bonchev–Trinajstić information content (AvgIpc) is 2.44. The van der Waals surface area contributed by atoms with E-state index in [0.717, 1.165) is 35.3 Å². The Kier molecular flexibility index (Phi) is 4.94. The summed E-state index contributed by atoms with van der Waals surface area (Å²) in [6.45, 7) is 11.2. The van der Waals surface area contributed by atoms with Crippen molar-refractivity contribution in [3.8, 4) is 11.5 Å². The van der Waals surface area contributed by atoms with E-state index in [4.69, 9.17) is 9.47 Å². The lowest BCUT2D eigenvalue weighted by Gasteiger charge is -2.33. The first kappa shape index (κ1) is 16.6. The molecular weight excluding hydrogens is 276 g/mol. The van der Waals surface area contributed by atoms with Gasteiger partial charge in [0.15, 0.2) is 0 Å². The highest BCUT2D eigenvalue weighted by Crippen LogP contribution is 2.42. The van der Waals surface area contributed by atoms with Crippen LogP contribution in [0.25, 0.3) is 5.57 Å². The smallest absolute Gasteiger partial charge is 0.131 e. The molecule has 0 saturated carbocycles. The van der Waals surface area contributed by atoms with E-state index < -0.39 is 0 Å². The van der Waals surface area contributed by atoms with Crippen LogP contribution in [0.4, 0.5) is 0 Å². The molecule has 0 N–H and O–H groups in total. The van der Waals surface area contributed by atoms with E-state index in [-0.39, 0.29) is 5.60 Å². The van der Waals surface area contributed by atoms with Gasteiger partial charge < -0.3 is 14.3 Å². The highest BCUT2D eigenvalue weighted by Gasteiger charge is 2.29. The Labute approximate surface area is 133 Å². The molecular formula is C19H26O3. The zero-order chi connectivity index (χ0) is 16.3. The summed E-state index contributed by atoms with van der Waals surface area (Å²) in [5.74, 6) is 2.00. The highest BCUT2D eigenvalue weighted by molar-refractivity contribution is 5.77. The minimum Gasteiger partial charge on any atom is -0.493 e. The molecule has 0 saturated heterocycles. The van der Waals surface area contributed by atoms with Gasteiger partial charge in [-0.05, 0) is 43.9 Å². The van der Waals surface area contributed by atoms with E-state index in [1.807, 2.05) is 6.07 Å². The Morgan fingerprint density at radius 1 is 1.32 bits per heavy atom. The molecule has 1 aliphatic heterocycles. The number of hydrogen-bond acceptors (Lipinski definition) is 3. The third-order valence-corrected chi connectivity index (χ3v) is 3.74. The highest BCUT2D eigenvalue weighted by atomic mass is 16.5. The van der Waals surface area contributed by atoms with Gasteiger partial charge in [0, 0.05) is 23.6 Å². The van der Waals surface area contributed by atoms with Crippen molar-refractivity contribution in [1.29, 1.82) is 0 Å². The summed E-state index contributed by atoms with van der Waals surface area (Å²) in [6, 6.07) is 4.00. The fraction of sp³-hybridized carbons (Fsp3) is 0.526. The lowest BCUT2D eigenvalue weighted by atomic mass is 9.87. The fourth-order valence-corrected chi connectivity index (χ4v) is 2.75. The van der Waals surface area contributed by atoms with E-state index in [1.165, 1.54) is 5.57 Å². The Bertz CT molecular complexity index is 583. The molecule has 1 heterocycles. The van der Waals surface area contributed by atoms with Crippen molar-refractivity contribution in [3.05, 3.63) is 29.3 Å². The molecule has 1 aliphatic rings. The maximum absolute atomic E-state index is 11.0. The molecule has 0 fully saturated rings. The van der Waals surface area contributed by atoms with Crippen LogP contribution in [0.3, 0.4) is 0 Å². The van der Waals surface area contributed by atoms with Gasteiger partial charge in [-0.25, -0.2) is 0 Å². The normalized spacial score (nSPS) is 15.8. The lowest BCUT2D eigenvalue weighted by molar-refractivity contribution is -0.107. The van der Waals surface area contributed by atoms with E-state index in [1.54, 1.807) is 0 Å². The SMILES string of the molecule is CCCOc1cc2c(cc1CC=O)C(C(C)C)=CC(C)(C)O2. The van der Waals surface area contributed by atoms with E-state index >= 15 is 0 Å². The van der Waals surface area contributed by atoms with Gasteiger partial charge in [0.25, 0.3) is 0 Å². The van der Waals surface area contributed by atoms with Crippen LogP contribution in [-0.4, -0.2) is 18.5 Å². The standard InChI is InChI=1S/C19H26O3/c1-6-9-21-17-11-18-15(10-14(17)7-8-20)16(13(2)3)12-19(4,5)22-18/h8,10-13H,6-7,9H2,1-5H3. The van der Waals surface area contributed by atoms with Gasteiger partial charge >= 0.3 is 0 Å². The first-order valence-electron chi connectivity index (χ1n) is 8.03. The maximum atomic E-state index is 11.0. The quantitative estimate of drug-likeness (QED) is 0.729. The molecule has 0 atom stereocenters. The van der Waals surface area contributed by atoms with Gasteiger partial charge in [-0.2, -0.15) is 0 Å². The molecule has 0 aromatic heterocycles. The Morgan fingerprint density at radius 2 is 2.05 bits per heavy atom. The second-order valence-corrected chi connectivity index (χ2v) is 6.64. The molecule has 3 heteroatoms. The molecule has 3 nitrogen and oxygen atoms in total. The molecule has 1 aromatic rings. The summed E-state index contributed by atoms with van der Waals surface area (Å²) in [7, 11) is 0. The summed E-state index contributed by atoms with van der Waals surface area (Å²) in [6.07, 6.45) is 4.40. The Balaban J connectivity index is 2.53. The molecule has 0 bridgehead atoms. The summed E-state index contributed by atoms with van der Waals surface area (Å²) >= 11 is 0. The number of fused-ring (bicyclic) bond motifs is 1. The number of allylic oxidation sites excluding steroid dienone is 1. The van der Waals surface area contributed by atoms with E-state index in [9.17, 15) is 4.79 Å². The van der Waals surface area contributed by atoms with Crippen LogP contribution in [0.15, 0.2) is 18.2 Å². The first-order chi connectivity index (χ1) is 10.4. The third kappa shape index (κ3) is 3.52. The summed E-state index contributed by atoms with van der Waals surface area (Å²) < 4.78 is 11.9. The molecule has 0 radical (unpaired) electrons. The van der Waals surface area contributed by atoms with Crippen LogP contribution in [0.2, 0.25) is 0 Å². The minimum atomic E-state index is -0.333. The van der Waals surface area contributed by atoms with Crippen LogP contribution in [0.1, 0.15) is 52.2 Å². The van der Waals surface area contributed by atoms with Crippen LogP contribution in [0.5, 0.6) is 11.5 Å². The van der Waals surface area contributed by atoms with Gasteiger partial charge in [0.1, 0.15) is 23.4 Å². The summed E-state index contributed by atoms with van der Waals surface area (Å²) in [4.78, 5) is 11.0. The van der Waals surface area contributed by atoms with E-state index in [0.29, 0.717) is 18.9 Å². The maximum Gasteiger partial charge on any atom is 0.131 e. The number of rotatable bonds is 6. The molecule has 1 aromatic carbocycles. The van der Waals surface area contributed by atoms with Gasteiger partial charge in [0.05, 0.1) is 6.61 Å². The molecule has 0 amide bonds. The Morgan fingerprint density at radius 3 is 2.64 bits per heavy atom.